The van der Waals surface area contributed by atoms with Crippen molar-refractivity contribution in [3.63, 3.8) is 0 Å². The molecule has 0 spiro atoms. The first-order chi connectivity index (χ1) is 4.83. The molecule has 0 aliphatic carbocycles. The molecule has 0 aromatic carbocycles. The molecular formula is C8H19K3N2. The molecule has 0 radical (unpaired) electrons. The second-order valence-electron chi connectivity index (χ2n) is 2.86. The summed E-state index contributed by atoms with van der Waals surface area (Å²) >= 11 is 0. The fourth-order valence-electron chi connectivity index (χ4n) is 1.10. The third-order valence-electron chi connectivity index (χ3n) is 1.74. The average Bonchev–Trinajstić information content (AvgIpc) is 2.31. The minimum absolute atomic E-state index is 0. The van der Waals surface area contributed by atoms with Gasteiger partial charge in [-0.1, -0.05) is 13.3 Å². The van der Waals surface area contributed by atoms with Gasteiger partial charge in [0, 0.05) is 26.0 Å². The summed E-state index contributed by atoms with van der Waals surface area (Å²) in [7, 11) is 2.10. The van der Waals surface area contributed by atoms with Gasteiger partial charge in [0.2, 0.25) is 0 Å². The molecule has 1 aliphatic rings. The van der Waals surface area contributed by atoms with E-state index in [9.17, 15) is 0 Å². The Balaban J connectivity index is -0.0000000417. The third kappa shape index (κ3) is 11.1. The molecule has 0 unspecified atom stereocenters. The number of hydrogen-bond donors (Lipinski definition) is 0. The van der Waals surface area contributed by atoms with Gasteiger partial charge in [0.25, 0.3) is 0 Å². The summed E-state index contributed by atoms with van der Waals surface area (Å²) < 4.78 is 0. The molecule has 64 valence electrons. The topological polar surface area (TPSA) is 6.48 Å². The molecule has 5 heteroatoms. The van der Waals surface area contributed by atoms with Crippen molar-refractivity contribution in [1.29, 1.82) is 0 Å². The van der Waals surface area contributed by atoms with Crippen LogP contribution in [0.1, 0.15) is 24.0 Å². The van der Waals surface area contributed by atoms with Crippen molar-refractivity contribution < 1.29 is 158 Å². The van der Waals surface area contributed by atoms with Crippen LogP contribution in [0.3, 0.4) is 0 Å². The minimum atomic E-state index is 0. The predicted octanol–water partition coefficient (Wildman–Crippen LogP) is -7.19. The molecule has 0 aromatic heterocycles. The van der Waals surface area contributed by atoms with Gasteiger partial charge in [0.05, 0.1) is 6.67 Å². The molecule has 0 atom stereocenters. The van der Waals surface area contributed by atoms with Crippen LogP contribution in [0, 0.1) is 0 Å². The van der Waals surface area contributed by atoms with Crippen molar-refractivity contribution >= 4 is 0 Å². The molecule has 0 bridgehead atoms. The van der Waals surface area contributed by atoms with E-state index >= 15 is 0 Å². The maximum absolute atomic E-state index is 2.34. The number of rotatable bonds is 3. The summed E-state index contributed by atoms with van der Waals surface area (Å²) in [6, 6.07) is 0. The summed E-state index contributed by atoms with van der Waals surface area (Å²) in [5, 5.41) is 0. The molecule has 13 heavy (non-hydrogen) atoms. The van der Waals surface area contributed by atoms with Gasteiger partial charge >= 0.3 is 154 Å². The maximum atomic E-state index is 2.34. The normalized spacial score (nSPS) is 13.1. The van der Waals surface area contributed by atoms with E-state index in [1.807, 2.05) is 0 Å². The Kier molecular flexibility index (Phi) is 24.7. The summed E-state index contributed by atoms with van der Waals surface area (Å²) in [6.07, 6.45) is 6.87. The molecule has 1 aliphatic heterocycles. The zero-order valence-corrected chi connectivity index (χ0v) is 19.2. The smallest absolute Gasteiger partial charge is 1.00 e. The van der Waals surface area contributed by atoms with Crippen LogP contribution in [0.2, 0.25) is 0 Å². The van der Waals surface area contributed by atoms with Crippen LogP contribution in [0.15, 0.2) is 12.4 Å². The average molecular weight is 261 g/mol. The van der Waals surface area contributed by atoms with Crippen molar-refractivity contribution in [3.8, 4) is 0 Å². The van der Waals surface area contributed by atoms with E-state index in [1.165, 1.54) is 19.4 Å². The minimum Gasteiger partial charge on any atom is -1.00 e. The van der Waals surface area contributed by atoms with E-state index in [1.54, 1.807) is 0 Å². The summed E-state index contributed by atoms with van der Waals surface area (Å²) in [4.78, 5) is 4.53. The van der Waals surface area contributed by atoms with Crippen molar-refractivity contribution in [2.45, 2.75) is 19.8 Å². The van der Waals surface area contributed by atoms with Gasteiger partial charge in [-0.2, -0.15) is 0 Å². The van der Waals surface area contributed by atoms with Crippen molar-refractivity contribution in [1.82, 2.24) is 9.80 Å². The van der Waals surface area contributed by atoms with Crippen LogP contribution in [-0.2, 0) is 0 Å². The maximum Gasteiger partial charge on any atom is 1.00 e. The van der Waals surface area contributed by atoms with Crippen molar-refractivity contribution in [2.24, 2.45) is 0 Å². The molecule has 1 heterocycles. The summed E-state index contributed by atoms with van der Waals surface area (Å²) in [6.45, 7) is 4.50. The second-order valence-corrected chi connectivity index (χ2v) is 2.86. The molecule has 0 saturated carbocycles. The quantitative estimate of drug-likeness (QED) is 0.466. The zero-order chi connectivity index (χ0) is 7.40. The Morgan fingerprint density at radius 1 is 1.23 bits per heavy atom. The van der Waals surface area contributed by atoms with Gasteiger partial charge in [-0.25, -0.2) is 0 Å². The van der Waals surface area contributed by atoms with Crippen LogP contribution in [0.4, 0.5) is 0 Å². The van der Waals surface area contributed by atoms with E-state index in [0.717, 1.165) is 6.67 Å². The predicted molar refractivity (Wildman–Crippen MR) is 46.7 cm³/mol. The molecule has 0 aromatic rings. The van der Waals surface area contributed by atoms with Crippen LogP contribution in [0.25, 0.3) is 0 Å². The van der Waals surface area contributed by atoms with Gasteiger partial charge < -0.3 is 14.1 Å². The largest absolute Gasteiger partial charge is 1.00 e. The van der Waals surface area contributed by atoms with Crippen LogP contribution < -0.4 is 154 Å². The fourth-order valence-corrected chi connectivity index (χ4v) is 1.10. The molecule has 0 saturated heterocycles. The fraction of sp³-hybridized carbons (Fsp3) is 0.750. The van der Waals surface area contributed by atoms with Crippen LogP contribution >= 0.6 is 0 Å². The van der Waals surface area contributed by atoms with Crippen LogP contribution in [-0.4, -0.2) is 30.1 Å². The molecule has 1 rings (SSSR count). The van der Waals surface area contributed by atoms with Gasteiger partial charge in [-0.15, -0.1) is 0 Å². The zero-order valence-electron chi connectivity index (χ0n) is 12.9. The van der Waals surface area contributed by atoms with Gasteiger partial charge in [0.15, 0.2) is 0 Å². The van der Waals surface area contributed by atoms with E-state index in [4.69, 9.17) is 0 Å². The Labute approximate surface area is 214 Å². The van der Waals surface area contributed by atoms with E-state index in [-0.39, 0.29) is 158 Å². The van der Waals surface area contributed by atoms with Crippen LogP contribution in [0.5, 0.6) is 0 Å². The molecule has 0 amide bonds. The molecule has 2 nitrogen and oxygen atoms in total. The van der Waals surface area contributed by atoms with Gasteiger partial charge in [-0.3, -0.25) is 0 Å². The number of nitrogens with zero attached hydrogens (tertiary/aromatic N) is 2. The molecule has 0 fully saturated rings. The van der Waals surface area contributed by atoms with Gasteiger partial charge in [0.1, 0.15) is 0 Å². The van der Waals surface area contributed by atoms with Gasteiger partial charge in [-0.05, 0) is 6.42 Å². The van der Waals surface area contributed by atoms with E-state index < -0.39 is 0 Å². The Morgan fingerprint density at radius 3 is 2.23 bits per heavy atom. The first-order valence-corrected chi connectivity index (χ1v) is 3.95. The SMILES string of the molecule is CCCCN1C=CN(C)C1.[H-].[H-].[H-].[K+].[K+].[K+]. The Hall–Kier alpha value is 4.25. The number of unbranched alkanes of at least 4 members (excludes halogenated alkanes) is 1. The molecular weight excluding hydrogens is 241 g/mol. The van der Waals surface area contributed by atoms with Crippen molar-refractivity contribution in [2.75, 3.05) is 20.3 Å². The van der Waals surface area contributed by atoms with E-state index in [2.05, 4.69) is 36.2 Å². The van der Waals surface area contributed by atoms with E-state index in [0.29, 0.717) is 0 Å². The molecule has 0 N–H and O–H groups in total. The van der Waals surface area contributed by atoms with Crippen molar-refractivity contribution in [3.05, 3.63) is 12.4 Å². The summed E-state index contributed by atoms with van der Waals surface area (Å²) in [5.74, 6) is 0. The Bertz CT molecular complexity index is 142. The standard InChI is InChI=1S/C8H16N2.3K.3H/c1-3-4-5-10-7-6-9(2)8-10;;;;;;/h6-7H,3-5,8H2,1-2H3;;;;;;/q;3*+1;3*-1. The Morgan fingerprint density at radius 2 is 1.85 bits per heavy atom. The monoisotopic (exact) mass is 260 g/mol. The third-order valence-corrected chi connectivity index (χ3v) is 1.74. The number of hydrogen-bond acceptors (Lipinski definition) is 2. The second kappa shape index (κ2) is 14.3. The summed E-state index contributed by atoms with van der Waals surface area (Å²) in [5.41, 5.74) is 0. The first-order valence-electron chi connectivity index (χ1n) is 3.95. The first kappa shape index (κ1) is 22.4.